The zero-order valence-corrected chi connectivity index (χ0v) is 75.5. The molecule has 0 spiro atoms. The molecule has 2 N–H and O–H groups in total. The summed E-state index contributed by atoms with van der Waals surface area (Å²) in [5.74, 6) is 1.94. The average Bonchev–Trinajstić information content (AvgIpc) is 1.47. The zero-order valence-electron chi connectivity index (χ0n) is 73.7. The van der Waals surface area contributed by atoms with Crippen molar-refractivity contribution in [1.29, 1.82) is 0 Å². The molecule has 2 heterocycles. The fourth-order valence-corrected chi connectivity index (χ4v) is 18.4. The van der Waals surface area contributed by atoms with Crippen LogP contribution in [0.4, 0.5) is 0 Å². The van der Waals surface area contributed by atoms with Crippen molar-refractivity contribution in [3.8, 4) is 56.6 Å². The third-order valence-electron chi connectivity index (χ3n) is 22.6. The quantitative estimate of drug-likeness (QED) is 0.0840. The molecule has 0 aliphatic carbocycles. The van der Waals surface area contributed by atoms with Gasteiger partial charge in [-0.2, -0.15) is 0 Å². The van der Waals surface area contributed by atoms with Crippen LogP contribution < -0.4 is 9.47 Å². The summed E-state index contributed by atoms with van der Waals surface area (Å²) in [6.45, 7) is 79.5. The first-order valence-electron chi connectivity index (χ1n) is 40.2. The Morgan fingerprint density at radius 1 is 0.278 bits per heavy atom. The largest absolute Gasteiger partial charge is 0.505 e. The van der Waals surface area contributed by atoms with Crippen molar-refractivity contribution < 1.29 is 45.5 Å². The Morgan fingerprint density at radius 2 is 0.500 bits per heavy atom. The van der Waals surface area contributed by atoms with E-state index in [-0.39, 0.29) is 102 Å². The molecule has 0 bridgehead atoms. The molecule has 2 aromatic heterocycles. The van der Waals surface area contributed by atoms with Gasteiger partial charge in [-0.15, -0.1) is 0 Å². The molecule has 0 aliphatic heterocycles. The molecule has 7 heteroatoms. The van der Waals surface area contributed by atoms with E-state index in [4.69, 9.17) is 9.47 Å². The predicted molar refractivity (Wildman–Crippen MR) is 464 cm³/mol. The van der Waals surface area contributed by atoms with Crippen LogP contribution in [-0.2, 0) is 69.2 Å². The molecule has 108 heavy (non-hydrogen) atoms. The third kappa shape index (κ3) is 18.3. The standard InChI is InChI=1S/C101H138N2O4.Sc/c1-62-46-68(98(27,28)58-90(3,4)5)50-78(76-48-70(100(31,32)60-92(9,10)11)56-84(86(76)104)102-80-52-64(94(15,16)17)36-40-72(80)73-41-37-65(53-81(73)102)95(18,19)20)88(62)106-44-35-45-107-89-63(2)47-69(99(29,30)59-91(6,7)8)51-79(89)77-49-71(101(33,34)61-93(12,13)14)57-85(87(77)105)103-82-54-66(96(21,22)23)38-42-74(82)75-43-39-67(55-83(75)103)97(24,25)26;/h36-43,46-57,104-105H,35,44-45,58-61H2,1-34H3;. The van der Waals surface area contributed by atoms with Crippen molar-refractivity contribution in [1.82, 2.24) is 9.13 Å². The molecule has 0 unspecified atom stereocenters. The summed E-state index contributed by atoms with van der Waals surface area (Å²) in [6.07, 6.45) is 4.28. The Morgan fingerprint density at radius 3 is 0.722 bits per heavy atom. The van der Waals surface area contributed by atoms with Gasteiger partial charge in [0.25, 0.3) is 0 Å². The monoisotopic (exact) mass is 1490 g/mol. The van der Waals surface area contributed by atoms with Gasteiger partial charge in [-0.1, -0.05) is 282 Å². The van der Waals surface area contributed by atoms with E-state index < -0.39 is 0 Å². The maximum Gasteiger partial charge on any atom is 0.147 e. The number of aryl methyl sites for hydroxylation is 2. The van der Waals surface area contributed by atoms with Crippen molar-refractivity contribution in [2.24, 2.45) is 21.7 Å². The molecule has 10 rings (SSSR count). The Balaban J connectivity index is 0.0000135. The molecule has 10 aromatic rings. The summed E-state index contributed by atoms with van der Waals surface area (Å²) in [5.41, 5.74) is 19.3. The topological polar surface area (TPSA) is 68.8 Å². The first-order chi connectivity index (χ1) is 48.7. The number of hydrogen-bond donors (Lipinski definition) is 2. The molecule has 1 radical (unpaired) electrons. The maximum absolute atomic E-state index is 13.9. The number of nitrogens with zero attached hydrogens (tertiary/aromatic N) is 2. The zero-order chi connectivity index (χ0) is 79.8. The first-order valence-corrected chi connectivity index (χ1v) is 40.2. The van der Waals surface area contributed by atoms with Gasteiger partial charge in [-0.3, -0.25) is 0 Å². The molecule has 579 valence electrons. The minimum Gasteiger partial charge on any atom is -0.505 e. The average molecular weight is 1490 g/mol. The van der Waals surface area contributed by atoms with E-state index in [0.717, 1.165) is 137 Å². The molecule has 0 aliphatic rings. The molecule has 0 saturated heterocycles. The summed E-state index contributed by atoms with van der Waals surface area (Å²) in [7, 11) is 0. The molecule has 0 atom stereocenters. The third-order valence-corrected chi connectivity index (χ3v) is 22.6. The van der Waals surface area contributed by atoms with E-state index in [2.05, 4.69) is 366 Å². The van der Waals surface area contributed by atoms with Gasteiger partial charge in [0.05, 0.1) is 46.7 Å². The Bertz CT molecular complexity index is 4560. The number of aromatic hydroxyl groups is 2. The van der Waals surface area contributed by atoms with Gasteiger partial charge >= 0.3 is 0 Å². The van der Waals surface area contributed by atoms with Crippen molar-refractivity contribution in [3.63, 3.8) is 0 Å². The van der Waals surface area contributed by atoms with Gasteiger partial charge in [-0.25, -0.2) is 0 Å². The second kappa shape index (κ2) is 29.2. The number of rotatable bonds is 18. The van der Waals surface area contributed by atoms with Crippen LogP contribution in [-0.4, -0.2) is 32.6 Å². The van der Waals surface area contributed by atoms with Gasteiger partial charge in [0.1, 0.15) is 23.0 Å². The molecule has 0 saturated carbocycles. The van der Waals surface area contributed by atoms with E-state index in [1.165, 1.54) is 33.4 Å². The Labute approximate surface area is 672 Å². The summed E-state index contributed by atoms with van der Waals surface area (Å²) >= 11 is 0. The van der Waals surface area contributed by atoms with Gasteiger partial charge in [-0.05, 0) is 221 Å². The van der Waals surface area contributed by atoms with E-state index in [0.29, 0.717) is 19.6 Å². The second-order valence-electron chi connectivity index (χ2n) is 44.3. The fraction of sp³-hybridized carbons (Fsp3) is 0.525. The molecular weight excluding hydrogens is 1350 g/mol. The first kappa shape index (κ1) is 85.4. The van der Waals surface area contributed by atoms with E-state index >= 15 is 0 Å². The molecule has 0 fully saturated rings. The van der Waals surface area contributed by atoms with Crippen molar-refractivity contribution in [3.05, 3.63) is 177 Å². The van der Waals surface area contributed by atoms with Gasteiger partial charge in [0.2, 0.25) is 0 Å². The molecule has 0 amide bonds. The molecule has 8 aromatic carbocycles. The minimum atomic E-state index is -0.310. The summed E-state index contributed by atoms with van der Waals surface area (Å²) in [5, 5.41) is 32.4. The fourth-order valence-electron chi connectivity index (χ4n) is 18.4. The predicted octanol–water partition coefficient (Wildman–Crippen LogP) is 29.1. The van der Waals surface area contributed by atoms with Crippen LogP contribution in [0.2, 0.25) is 0 Å². The number of hydrogen-bond acceptors (Lipinski definition) is 4. The number of ether oxygens (including phenoxy) is 2. The summed E-state index contributed by atoms with van der Waals surface area (Å²) in [6, 6.07) is 46.3. The van der Waals surface area contributed by atoms with Crippen molar-refractivity contribution >= 4 is 43.6 Å². The van der Waals surface area contributed by atoms with Crippen LogP contribution in [0.1, 0.15) is 309 Å². The smallest absolute Gasteiger partial charge is 0.147 e. The van der Waals surface area contributed by atoms with Crippen LogP contribution in [0.3, 0.4) is 0 Å². The van der Waals surface area contributed by atoms with Gasteiger partial charge < -0.3 is 28.8 Å². The number of fused-ring (bicyclic) bond motifs is 6. The van der Waals surface area contributed by atoms with Crippen LogP contribution in [0.25, 0.3) is 77.2 Å². The number of phenolic OH excluding ortho intramolecular Hbond substituents is 2. The Hall–Kier alpha value is -6.57. The minimum absolute atomic E-state index is 0. The number of aromatic nitrogens is 2. The van der Waals surface area contributed by atoms with Crippen LogP contribution in [0.15, 0.2) is 121 Å². The molecular formula is C101H138N2O4Sc. The number of phenols is 2. The summed E-state index contributed by atoms with van der Waals surface area (Å²) in [4.78, 5) is 0. The molecule has 6 nitrogen and oxygen atoms in total. The Kier molecular flexibility index (Phi) is 23.1. The normalized spacial score (nSPS) is 13.7. The SMILES string of the molecule is Cc1cc(C(C)(C)CC(C)(C)C)cc(-c2cc(C(C)(C)CC(C)(C)C)cc(-n3c4cc(C(C)(C)C)ccc4c4ccc(C(C)(C)C)cc43)c2O)c1OCCCOc1c(C)cc(C(C)(C)CC(C)(C)C)cc1-c1cc(C(C)(C)CC(C)(C)C)cc(-n2c3cc(C(C)(C)C)ccc3c3ccc(C(C)(C)C)cc32)c1O.[Sc]. The summed E-state index contributed by atoms with van der Waals surface area (Å²) < 4.78 is 19.5. The van der Waals surface area contributed by atoms with E-state index in [9.17, 15) is 10.2 Å². The maximum atomic E-state index is 13.9. The van der Waals surface area contributed by atoms with Crippen LogP contribution in [0.5, 0.6) is 23.0 Å². The van der Waals surface area contributed by atoms with E-state index in [1.807, 2.05) is 0 Å². The van der Waals surface area contributed by atoms with Crippen LogP contribution in [0, 0.1) is 35.5 Å². The second-order valence-corrected chi connectivity index (χ2v) is 44.3. The van der Waals surface area contributed by atoms with Crippen molar-refractivity contribution in [2.45, 2.75) is 311 Å². The van der Waals surface area contributed by atoms with E-state index in [1.54, 1.807) is 0 Å². The van der Waals surface area contributed by atoms with Gasteiger partial charge in [0, 0.05) is 76.1 Å². The van der Waals surface area contributed by atoms with Crippen molar-refractivity contribution in [2.75, 3.05) is 13.2 Å². The van der Waals surface area contributed by atoms with Crippen LogP contribution >= 0.6 is 0 Å². The number of benzene rings is 8. The van der Waals surface area contributed by atoms with Gasteiger partial charge in [0.15, 0.2) is 0 Å².